The number of rotatable bonds is 9. The van der Waals surface area contributed by atoms with E-state index in [2.05, 4.69) is 35.7 Å². The van der Waals surface area contributed by atoms with Crippen molar-refractivity contribution in [3.63, 3.8) is 0 Å². The molecule has 1 aliphatic carbocycles. The highest BCUT2D eigenvalue weighted by molar-refractivity contribution is 7.75. The number of fused-ring (bicyclic) bond motifs is 3. The summed E-state index contributed by atoms with van der Waals surface area (Å²) in [6.45, 7) is 0.127. The second-order valence-corrected chi connectivity index (χ2v) is 12.7. The van der Waals surface area contributed by atoms with E-state index in [1.807, 2.05) is 115 Å². The van der Waals surface area contributed by atoms with Gasteiger partial charge in [-0.05, 0) is 52.1 Å². The van der Waals surface area contributed by atoms with Gasteiger partial charge in [-0.1, -0.05) is 115 Å². The quantitative estimate of drug-likeness (QED) is 0.197. The Morgan fingerprint density at radius 2 is 1.18 bits per heavy atom. The maximum atomic E-state index is 14.3. The third kappa shape index (κ3) is 6.08. The molecule has 0 saturated heterocycles. The molecule has 0 spiro atoms. The standard InChI is InChI=1S/C38H29N2O3P/c39-25-36(44(28-16-6-2-7-17-28)29-18-8-3-9-19-29)37(41)35(24-27-14-4-1-5-15-27)40-38(42)43-26-34-32-22-12-10-20-30(32)31-21-11-13-23-33(31)34/h1-23,34-35H,24,26H2/p+1/t35-/m0/s1. The van der Waals surface area contributed by atoms with E-state index < -0.39 is 25.5 Å². The molecule has 0 fully saturated rings. The zero-order valence-electron chi connectivity index (χ0n) is 24.0. The number of nitrogens with zero attached hydrogens (tertiary/aromatic N) is 1. The van der Waals surface area contributed by atoms with Crippen LogP contribution < -0.4 is 15.9 Å². The largest absolute Gasteiger partial charge is 0.449 e. The Morgan fingerprint density at radius 1 is 0.705 bits per heavy atom. The first-order valence-electron chi connectivity index (χ1n) is 14.5. The van der Waals surface area contributed by atoms with Crippen LogP contribution in [-0.4, -0.2) is 29.8 Å². The lowest BCUT2D eigenvalue weighted by Gasteiger charge is -2.19. The molecule has 0 aromatic heterocycles. The monoisotopic (exact) mass is 593 g/mol. The van der Waals surface area contributed by atoms with Crippen LogP contribution in [0.25, 0.3) is 11.1 Å². The number of nitriles is 1. The van der Waals surface area contributed by atoms with Crippen molar-refractivity contribution in [3.05, 3.63) is 156 Å². The van der Waals surface area contributed by atoms with Crippen LogP contribution in [0.5, 0.6) is 0 Å². The number of hydrogen-bond donors (Lipinski definition) is 1. The van der Waals surface area contributed by atoms with E-state index in [9.17, 15) is 14.9 Å². The number of hydrogen-bond acceptors (Lipinski definition) is 4. The predicted octanol–water partition coefficient (Wildman–Crippen LogP) is 6.53. The molecule has 1 N–H and O–H groups in total. The number of Topliss-reactive ketones (excluding diaryl/α,β-unsaturated/α-hetero) is 1. The first kappa shape index (κ1) is 28.8. The summed E-state index contributed by atoms with van der Waals surface area (Å²) in [7, 11) is -1.45. The van der Waals surface area contributed by atoms with Gasteiger partial charge in [0.1, 0.15) is 12.6 Å². The van der Waals surface area contributed by atoms with Crippen LogP contribution in [0.1, 0.15) is 22.6 Å². The summed E-state index contributed by atoms with van der Waals surface area (Å²) in [6, 6.07) is 46.2. The number of carbonyl (C=O) groups excluding carboxylic acids is 2. The molecule has 0 radical (unpaired) electrons. The number of amides is 1. The van der Waals surface area contributed by atoms with E-state index in [1.54, 1.807) is 0 Å². The van der Waals surface area contributed by atoms with Gasteiger partial charge in [0.2, 0.25) is 5.78 Å². The highest BCUT2D eigenvalue weighted by atomic mass is 31.1. The normalized spacial score (nSPS) is 12.2. The molecule has 0 aliphatic heterocycles. The summed E-state index contributed by atoms with van der Waals surface area (Å²) in [5.74, 6) is -0.523. The van der Waals surface area contributed by atoms with Gasteiger partial charge in [-0.2, -0.15) is 5.26 Å². The first-order chi connectivity index (χ1) is 21.6. The van der Waals surface area contributed by atoms with E-state index in [1.165, 1.54) is 0 Å². The molecule has 5 aromatic carbocycles. The summed E-state index contributed by atoms with van der Waals surface area (Å²) >= 11 is 0. The molecule has 44 heavy (non-hydrogen) atoms. The molecular formula is C38H30N2O3P+. The fraction of sp³-hybridized carbons (Fsp3) is 0.105. The summed E-state index contributed by atoms with van der Waals surface area (Å²) in [5, 5.41) is 15.2. The zero-order chi connectivity index (χ0) is 30.3. The Kier molecular flexibility index (Phi) is 8.73. The summed E-state index contributed by atoms with van der Waals surface area (Å²) in [6.07, 6.45) is -0.468. The Labute approximate surface area is 258 Å². The van der Waals surface area contributed by atoms with Crippen LogP contribution in [0.3, 0.4) is 0 Å². The molecule has 1 amide bonds. The van der Waals surface area contributed by atoms with Gasteiger partial charge in [-0.15, -0.1) is 0 Å². The van der Waals surface area contributed by atoms with Crippen molar-refractivity contribution in [2.75, 3.05) is 6.61 Å². The topological polar surface area (TPSA) is 79.2 Å². The molecule has 5 aromatic rings. The van der Waals surface area contributed by atoms with Crippen LogP contribution in [0.2, 0.25) is 0 Å². The molecule has 0 unspecified atom stereocenters. The van der Waals surface area contributed by atoms with Crippen molar-refractivity contribution in [2.24, 2.45) is 0 Å². The molecule has 214 valence electrons. The van der Waals surface area contributed by atoms with Gasteiger partial charge in [0, 0.05) is 12.3 Å². The Morgan fingerprint density at radius 3 is 1.70 bits per heavy atom. The zero-order valence-corrected chi connectivity index (χ0v) is 24.9. The highest BCUT2D eigenvalue weighted by Crippen LogP contribution is 2.44. The van der Waals surface area contributed by atoms with Crippen molar-refractivity contribution in [3.8, 4) is 17.2 Å². The minimum atomic E-state index is -1.45. The van der Waals surface area contributed by atoms with Crippen LogP contribution in [-0.2, 0) is 16.0 Å². The van der Waals surface area contributed by atoms with Crippen LogP contribution in [0, 0.1) is 11.3 Å². The summed E-state index contributed by atoms with van der Waals surface area (Å²) in [4.78, 5) is 27.7. The van der Waals surface area contributed by atoms with E-state index in [-0.39, 0.29) is 24.2 Å². The van der Waals surface area contributed by atoms with Crippen molar-refractivity contribution in [1.29, 1.82) is 5.26 Å². The Bertz CT molecular complexity index is 1780. The summed E-state index contributed by atoms with van der Waals surface area (Å²) in [5.41, 5.74) is 5.35. The van der Waals surface area contributed by atoms with Crippen molar-refractivity contribution in [1.82, 2.24) is 5.32 Å². The number of alkyl carbamates (subject to hydrolysis) is 1. The smallest absolute Gasteiger partial charge is 0.407 e. The molecule has 6 heteroatoms. The van der Waals surface area contributed by atoms with Crippen LogP contribution in [0.4, 0.5) is 4.79 Å². The molecular weight excluding hydrogens is 563 g/mol. The molecule has 0 saturated carbocycles. The van der Waals surface area contributed by atoms with Crippen molar-refractivity contribution in [2.45, 2.75) is 18.4 Å². The maximum Gasteiger partial charge on any atom is 0.407 e. The summed E-state index contributed by atoms with van der Waals surface area (Å²) < 4.78 is 5.81. The number of carbonyl (C=O) groups is 2. The SMILES string of the molecule is N#CC(C(=O)[C@H](Cc1ccccc1)NC(=O)OCC1c2ccccc2-c2ccccc21)=[P+](c1ccccc1)c1ccccc1. The van der Waals surface area contributed by atoms with Gasteiger partial charge in [0.15, 0.2) is 24.2 Å². The third-order valence-corrected chi connectivity index (χ3v) is 10.2. The Hall–Kier alpha value is -5.30. The van der Waals surface area contributed by atoms with Gasteiger partial charge in [-0.25, -0.2) is 4.79 Å². The molecule has 1 atom stereocenters. The molecule has 6 rings (SSSR count). The first-order valence-corrected chi connectivity index (χ1v) is 15.8. The fourth-order valence-corrected chi connectivity index (χ4v) is 8.01. The highest BCUT2D eigenvalue weighted by Gasteiger charge is 2.36. The van der Waals surface area contributed by atoms with Gasteiger partial charge >= 0.3 is 6.09 Å². The number of benzene rings is 5. The maximum absolute atomic E-state index is 14.3. The lowest BCUT2D eigenvalue weighted by molar-refractivity contribution is -0.114. The second-order valence-electron chi connectivity index (χ2n) is 10.5. The van der Waals surface area contributed by atoms with E-state index in [0.29, 0.717) is 0 Å². The van der Waals surface area contributed by atoms with Gasteiger partial charge < -0.3 is 10.1 Å². The predicted molar refractivity (Wildman–Crippen MR) is 177 cm³/mol. The molecule has 5 nitrogen and oxygen atoms in total. The molecule has 1 aliphatic rings. The van der Waals surface area contributed by atoms with E-state index in [4.69, 9.17) is 4.74 Å². The Balaban J connectivity index is 1.30. The third-order valence-electron chi connectivity index (χ3n) is 7.83. The van der Waals surface area contributed by atoms with E-state index >= 15 is 0 Å². The average molecular weight is 594 g/mol. The lowest BCUT2D eigenvalue weighted by atomic mass is 9.98. The van der Waals surface area contributed by atoms with Crippen molar-refractivity contribution >= 4 is 35.3 Å². The average Bonchev–Trinajstić information content (AvgIpc) is 3.40. The minimum absolute atomic E-state index is 0.110. The van der Waals surface area contributed by atoms with Gasteiger partial charge in [-0.3, -0.25) is 4.79 Å². The van der Waals surface area contributed by atoms with Crippen molar-refractivity contribution < 1.29 is 14.3 Å². The number of ether oxygens (including phenoxy) is 1. The van der Waals surface area contributed by atoms with Crippen LogP contribution in [0.15, 0.2) is 140 Å². The number of ketones is 1. The van der Waals surface area contributed by atoms with Gasteiger partial charge in [0.25, 0.3) is 5.29 Å². The van der Waals surface area contributed by atoms with Crippen LogP contribution >= 0.6 is 7.55 Å². The molecule has 0 bridgehead atoms. The van der Waals surface area contributed by atoms with E-state index in [0.717, 1.165) is 38.4 Å². The lowest BCUT2D eigenvalue weighted by Crippen LogP contribution is -2.46. The minimum Gasteiger partial charge on any atom is -0.449 e. The van der Waals surface area contributed by atoms with Gasteiger partial charge in [0.05, 0.1) is 0 Å². The number of nitrogens with one attached hydrogen (secondary N) is 1. The second kappa shape index (κ2) is 13.3. The molecule has 0 heterocycles. The fourth-order valence-electron chi connectivity index (χ4n) is 5.78.